The molecule has 1 aromatic carbocycles. The van der Waals surface area contributed by atoms with Crippen LogP contribution in [0.15, 0.2) is 36.7 Å². The molecule has 1 heterocycles. The lowest BCUT2D eigenvalue weighted by Crippen LogP contribution is -1.99. The number of hydrogen-bond acceptors (Lipinski definition) is 3. The summed E-state index contributed by atoms with van der Waals surface area (Å²) < 4.78 is 0. The van der Waals surface area contributed by atoms with Crippen molar-refractivity contribution in [3.8, 4) is 11.1 Å². The van der Waals surface area contributed by atoms with Crippen LogP contribution in [0, 0.1) is 0 Å². The Morgan fingerprint density at radius 3 is 2.07 bits per heavy atom. The van der Waals surface area contributed by atoms with Gasteiger partial charge in [0.1, 0.15) is 7.85 Å². The van der Waals surface area contributed by atoms with Gasteiger partial charge in [0.15, 0.2) is 0 Å². The highest BCUT2D eigenvalue weighted by Gasteiger charge is 1.97. The largest absolute Gasteiger partial charge is 0.368 e. The van der Waals surface area contributed by atoms with E-state index in [0.29, 0.717) is 0 Å². The summed E-state index contributed by atoms with van der Waals surface area (Å²) in [7, 11) is 5.58. The van der Waals surface area contributed by atoms with Gasteiger partial charge < -0.3 is 5.73 Å². The molecule has 0 spiro atoms. The molecule has 0 bridgehead atoms. The van der Waals surface area contributed by atoms with Gasteiger partial charge in [-0.15, -0.1) is 0 Å². The highest BCUT2D eigenvalue weighted by molar-refractivity contribution is 6.32. The average molecular weight is 181 g/mol. The first-order chi connectivity index (χ1) is 6.75. The van der Waals surface area contributed by atoms with E-state index < -0.39 is 0 Å². The lowest BCUT2D eigenvalue weighted by atomic mass is 9.94. The Hall–Kier alpha value is -1.84. The fourth-order valence-corrected chi connectivity index (χ4v) is 1.16. The van der Waals surface area contributed by atoms with Gasteiger partial charge in [0, 0.05) is 18.0 Å². The number of hydrogen-bond donors (Lipinski definition) is 1. The van der Waals surface area contributed by atoms with Crippen molar-refractivity contribution in [3.63, 3.8) is 0 Å². The molecule has 3 nitrogen and oxygen atoms in total. The molecule has 2 rings (SSSR count). The van der Waals surface area contributed by atoms with Crippen molar-refractivity contribution in [1.82, 2.24) is 9.97 Å². The molecule has 2 radical (unpaired) electrons. The van der Waals surface area contributed by atoms with Crippen LogP contribution in [0.3, 0.4) is 0 Å². The monoisotopic (exact) mass is 181 g/mol. The summed E-state index contributed by atoms with van der Waals surface area (Å²) in [5, 5.41) is 0. The molecule has 0 atom stereocenters. The van der Waals surface area contributed by atoms with Crippen LogP contribution in [0.2, 0.25) is 0 Å². The molecule has 14 heavy (non-hydrogen) atoms. The molecule has 4 heteroatoms. The molecular formula is C10H8BN3. The second kappa shape index (κ2) is 3.50. The van der Waals surface area contributed by atoms with E-state index in [9.17, 15) is 0 Å². The molecule has 2 aromatic rings. The zero-order valence-corrected chi connectivity index (χ0v) is 7.51. The van der Waals surface area contributed by atoms with Crippen molar-refractivity contribution in [2.24, 2.45) is 0 Å². The van der Waals surface area contributed by atoms with Crippen LogP contribution < -0.4 is 11.2 Å². The minimum absolute atomic E-state index is 0.282. The van der Waals surface area contributed by atoms with Crippen LogP contribution in [-0.4, -0.2) is 17.8 Å². The average Bonchev–Trinajstić information content (AvgIpc) is 2.21. The molecule has 1 aromatic heterocycles. The molecule has 0 unspecified atom stereocenters. The predicted molar refractivity (Wildman–Crippen MR) is 57.3 cm³/mol. The predicted octanol–water partition coefficient (Wildman–Crippen LogP) is 0.520. The molecule has 0 fully saturated rings. The summed E-state index contributed by atoms with van der Waals surface area (Å²) in [5.41, 5.74) is 8.08. The van der Waals surface area contributed by atoms with Crippen molar-refractivity contribution in [2.75, 3.05) is 5.73 Å². The van der Waals surface area contributed by atoms with E-state index >= 15 is 0 Å². The van der Waals surface area contributed by atoms with Gasteiger partial charge in [-0.2, -0.15) is 0 Å². The van der Waals surface area contributed by atoms with Crippen LogP contribution in [-0.2, 0) is 0 Å². The van der Waals surface area contributed by atoms with Gasteiger partial charge in [0.05, 0.1) is 0 Å². The van der Waals surface area contributed by atoms with Crippen LogP contribution >= 0.6 is 0 Å². The van der Waals surface area contributed by atoms with Gasteiger partial charge in [0.2, 0.25) is 5.95 Å². The summed E-state index contributed by atoms with van der Waals surface area (Å²) in [6.07, 6.45) is 3.38. The first kappa shape index (κ1) is 8.75. The molecule has 0 aliphatic carbocycles. The van der Waals surface area contributed by atoms with E-state index in [-0.39, 0.29) is 5.95 Å². The molecule has 0 saturated heterocycles. The Bertz CT molecular complexity index is 379. The van der Waals surface area contributed by atoms with Crippen molar-refractivity contribution in [1.29, 1.82) is 0 Å². The summed E-state index contributed by atoms with van der Waals surface area (Å²) in [6.45, 7) is 0. The number of nitrogens with zero attached hydrogens (tertiary/aromatic N) is 2. The van der Waals surface area contributed by atoms with Gasteiger partial charge in [0.25, 0.3) is 0 Å². The maximum atomic E-state index is 5.58. The second-order valence-corrected chi connectivity index (χ2v) is 2.95. The SMILES string of the molecule is [B]c1ccc(-c2cnc(N)nc2)cc1. The maximum absolute atomic E-state index is 5.58. The van der Waals surface area contributed by atoms with Gasteiger partial charge in [-0.25, -0.2) is 9.97 Å². The van der Waals surface area contributed by atoms with Gasteiger partial charge in [-0.05, 0) is 5.56 Å². The number of aromatic nitrogens is 2. The summed E-state index contributed by atoms with van der Waals surface area (Å²) in [6, 6.07) is 7.52. The first-order valence-corrected chi connectivity index (χ1v) is 4.19. The normalized spacial score (nSPS) is 10.0. The fraction of sp³-hybridized carbons (Fsp3) is 0. The number of anilines is 1. The van der Waals surface area contributed by atoms with E-state index in [1.54, 1.807) is 12.4 Å². The summed E-state index contributed by atoms with van der Waals surface area (Å²) >= 11 is 0. The molecular weight excluding hydrogens is 173 g/mol. The Morgan fingerprint density at radius 1 is 0.929 bits per heavy atom. The maximum Gasteiger partial charge on any atom is 0.219 e. The summed E-state index contributed by atoms with van der Waals surface area (Å²) in [5.74, 6) is 0.282. The zero-order valence-electron chi connectivity index (χ0n) is 7.51. The molecule has 0 amide bonds. The molecule has 2 N–H and O–H groups in total. The number of nitrogens with two attached hydrogens (primary N) is 1. The van der Waals surface area contributed by atoms with E-state index in [0.717, 1.165) is 16.6 Å². The minimum atomic E-state index is 0.282. The minimum Gasteiger partial charge on any atom is -0.368 e. The van der Waals surface area contributed by atoms with Crippen LogP contribution in [0.1, 0.15) is 0 Å². The van der Waals surface area contributed by atoms with Gasteiger partial charge in [-0.1, -0.05) is 29.7 Å². The molecule has 0 saturated carbocycles. The van der Waals surface area contributed by atoms with Crippen molar-refractivity contribution >= 4 is 19.3 Å². The second-order valence-electron chi connectivity index (χ2n) is 2.95. The molecule has 0 aliphatic heterocycles. The Labute approximate surface area is 83.4 Å². The topological polar surface area (TPSA) is 51.8 Å². The quantitative estimate of drug-likeness (QED) is 0.652. The van der Waals surface area contributed by atoms with Crippen molar-refractivity contribution in [2.45, 2.75) is 0 Å². The zero-order chi connectivity index (χ0) is 9.97. The highest BCUT2D eigenvalue weighted by atomic mass is 15.0. The Morgan fingerprint density at radius 2 is 1.50 bits per heavy atom. The van der Waals surface area contributed by atoms with Crippen LogP contribution in [0.5, 0.6) is 0 Å². The standard InChI is InChI=1S/C10H8BN3/c11-9-3-1-7(2-4-9)8-5-13-10(12)14-6-8/h1-6H,(H2,12,13,14). The van der Waals surface area contributed by atoms with Gasteiger partial charge >= 0.3 is 0 Å². The van der Waals surface area contributed by atoms with Crippen molar-refractivity contribution in [3.05, 3.63) is 36.7 Å². The first-order valence-electron chi connectivity index (χ1n) is 4.19. The number of nitrogen functional groups attached to an aromatic ring is 1. The smallest absolute Gasteiger partial charge is 0.219 e. The molecule has 0 aliphatic rings. The third kappa shape index (κ3) is 1.74. The fourth-order valence-electron chi connectivity index (χ4n) is 1.16. The third-order valence-corrected chi connectivity index (χ3v) is 1.92. The van der Waals surface area contributed by atoms with E-state index in [1.165, 1.54) is 0 Å². The highest BCUT2D eigenvalue weighted by Crippen LogP contribution is 2.15. The Balaban J connectivity index is 2.40. The summed E-state index contributed by atoms with van der Waals surface area (Å²) in [4.78, 5) is 7.83. The van der Waals surface area contributed by atoms with E-state index in [1.807, 2.05) is 24.3 Å². The lowest BCUT2D eigenvalue weighted by Gasteiger charge is -2.01. The molecule has 66 valence electrons. The van der Waals surface area contributed by atoms with E-state index in [2.05, 4.69) is 9.97 Å². The third-order valence-electron chi connectivity index (χ3n) is 1.92. The van der Waals surface area contributed by atoms with E-state index in [4.69, 9.17) is 13.6 Å². The Kier molecular flexibility index (Phi) is 2.19. The van der Waals surface area contributed by atoms with Gasteiger partial charge in [-0.3, -0.25) is 0 Å². The lowest BCUT2D eigenvalue weighted by molar-refractivity contribution is 1.19. The van der Waals surface area contributed by atoms with Crippen molar-refractivity contribution < 1.29 is 0 Å². The van der Waals surface area contributed by atoms with Crippen LogP contribution in [0.25, 0.3) is 11.1 Å². The number of rotatable bonds is 1. The van der Waals surface area contributed by atoms with Crippen LogP contribution in [0.4, 0.5) is 5.95 Å². The number of benzene rings is 1.